The maximum atomic E-state index is 14.0. The normalized spacial score (nSPS) is 11.8. The molecule has 0 aromatic heterocycles. The monoisotopic (exact) mass is 553 g/mol. The van der Waals surface area contributed by atoms with Gasteiger partial charge in [-0.2, -0.15) is 0 Å². The van der Waals surface area contributed by atoms with E-state index >= 15 is 0 Å². The van der Waals surface area contributed by atoms with Crippen molar-refractivity contribution in [2.45, 2.75) is 25.9 Å². The van der Waals surface area contributed by atoms with Gasteiger partial charge in [-0.1, -0.05) is 60.2 Å². The molecule has 1 unspecified atom stereocenters. The van der Waals surface area contributed by atoms with Crippen LogP contribution in [0.4, 0.5) is 5.69 Å². The van der Waals surface area contributed by atoms with Gasteiger partial charge in [-0.05, 0) is 30.2 Å². The molecule has 3 aromatic carbocycles. The SMILES string of the molecule is CNC(=O)C(Cc1ccccc1)N(Cc1ccc(C)cc1)C(=O)CN(c1ccc(OC)cc1OC)S(C)(=O)=O. The average Bonchev–Trinajstić information content (AvgIpc) is 2.93. The first-order chi connectivity index (χ1) is 18.6. The summed E-state index contributed by atoms with van der Waals surface area (Å²) >= 11 is 0. The lowest BCUT2D eigenvalue weighted by Gasteiger charge is -2.33. The van der Waals surface area contributed by atoms with Crippen LogP contribution in [0, 0.1) is 6.92 Å². The summed E-state index contributed by atoms with van der Waals surface area (Å²) in [5, 5.41) is 2.66. The van der Waals surface area contributed by atoms with E-state index in [4.69, 9.17) is 9.47 Å². The Hall–Kier alpha value is -4.05. The minimum atomic E-state index is -3.92. The molecule has 0 saturated carbocycles. The van der Waals surface area contributed by atoms with Crippen LogP contribution in [-0.4, -0.2) is 65.2 Å². The highest BCUT2D eigenvalue weighted by Crippen LogP contribution is 2.33. The number of nitrogens with zero attached hydrogens (tertiary/aromatic N) is 2. The fourth-order valence-electron chi connectivity index (χ4n) is 4.20. The van der Waals surface area contributed by atoms with Crippen LogP contribution in [0.25, 0.3) is 0 Å². The first kappa shape index (κ1) is 29.5. The second-order valence-corrected chi connectivity index (χ2v) is 11.0. The van der Waals surface area contributed by atoms with E-state index in [2.05, 4.69) is 5.32 Å². The van der Waals surface area contributed by atoms with Gasteiger partial charge in [0.05, 0.1) is 26.2 Å². The van der Waals surface area contributed by atoms with Gasteiger partial charge in [0.25, 0.3) is 0 Å². The van der Waals surface area contributed by atoms with Crippen LogP contribution in [0.15, 0.2) is 72.8 Å². The lowest BCUT2D eigenvalue weighted by molar-refractivity contribution is -0.139. The van der Waals surface area contributed by atoms with Crippen LogP contribution in [0.5, 0.6) is 11.5 Å². The van der Waals surface area contributed by atoms with Crippen molar-refractivity contribution in [1.29, 1.82) is 0 Å². The van der Waals surface area contributed by atoms with Gasteiger partial charge in [-0.25, -0.2) is 8.42 Å². The van der Waals surface area contributed by atoms with E-state index in [1.807, 2.05) is 61.5 Å². The summed E-state index contributed by atoms with van der Waals surface area (Å²) in [6.45, 7) is 1.54. The van der Waals surface area contributed by atoms with Crippen LogP contribution in [-0.2, 0) is 32.6 Å². The average molecular weight is 554 g/mol. The van der Waals surface area contributed by atoms with Crippen LogP contribution < -0.4 is 19.1 Å². The molecule has 10 heteroatoms. The molecule has 3 aromatic rings. The zero-order valence-corrected chi connectivity index (χ0v) is 23.7. The summed E-state index contributed by atoms with van der Waals surface area (Å²) in [5.74, 6) is -0.195. The molecule has 0 bridgehead atoms. The van der Waals surface area contributed by atoms with Crippen molar-refractivity contribution in [3.8, 4) is 11.5 Å². The molecule has 0 aliphatic heterocycles. The Morgan fingerprint density at radius 1 is 0.923 bits per heavy atom. The van der Waals surface area contributed by atoms with E-state index in [1.54, 1.807) is 12.1 Å². The number of nitrogens with one attached hydrogen (secondary N) is 1. The standard InChI is InChI=1S/C29H35N3O6S/c1-21-11-13-23(14-12-21)19-31(26(29(34)30-2)17-22-9-7-6-8-10-22)28(33)20-32(39(5,35)36)25-16-15-24(37-3)18-27(25)38-4/h6-16,18,26H,17,19-20H2,1-5H3,(H,30,34). The van der Waals surface area contributed by atoms with E-state index in [0.29, 0.717) is 5.75 Å². The molecule has 0 fully saturated rings. The van der Waals surface area contributed by atoms with Crippen molar-refractivity contribution < 1.29 is 27.5 Å². The van der Waals surface area contributed by atoms with Gasteiger partial charge in [0.2, 0.25) is 21.8 Å². The number of amides is 2. The van der Waals surface area contributed by atoms with E-state index in [9.17, 15) is 18.0 Å². The van der Waals surface area contributed by atoms with Gasteiger partial charge in [0.1, 0.15) is 24.1 Å². The van der Waals surface area contributed by atoms with Gasteiger partial charge in [-0.3, -0.25) is 13.9 Å². The number of aryl methyl sites for hydroxylation is 1. The highest BCUT2D eigenvalue weighted by molar-refractivity contribution is 7.92. The van der Waals surface area contributed by atoms with Crippen molar-refractivity contribution >= 4 is 27.5 Å². The van der Waals surface area contributed by atoms with Crippen molar-refractivity contribution in [3.63, 3.8) is 0 Å². The Morgan fingerprint density at radius 2 is 1.59 bits per heavy atom. The summed E-state index contributed by atoms with van der Waals surface area (Å²) in [6.07, 6.45) is 1.28. The Kier molecular flexibility index (Phi) is 9.95. The number of benzene rings is 3. The smallest absolute Gasteiger partial charge is 0.244 e. The Balaban J connectivity index is 2.06. The number of hydrogen-bond donors (Lipinski definition) is 1. The molecule has 3 rings (SSSR count). The van der Waals surface area contributed by atoms with Crippen LogP contribution in [0.3, 0.4) is 0 Å². The first-order valence-corrected chi connectivity index (χ1v) is 14.2. The predicted molar refractivity (Wildman–Crippen MR) is 151 cm³/mol. The van der Waals surface area contributed by atoms with E-state index in [-0.39, 0.29) is 30.3 Å². The molecule has 9 nitrogen and oxygen atoms in total. The third-order valence-electron chi connectivity index (χ3n) is 6.33. The fourth-order valence-corrected chi connectivity index (χ4v) is 5.05. The highest BCUT2D eigenvalue weighted by atomic mass is 32.2. The molecule has 0 heterocycles. The molecule has 0 radical (unpaired) electrons. The summed E-state index contributed by atoms with van der Waals surface area (Å²) in [6, 6.07) is 20.8. The summed E-state index contributed by atoms with van der Waals surface area (Å²) < 4.78 is 37.5. The van der Waals surface area contributed by atoms with Gasteiger partial charge in [-0.15, -0.1) is 0 Å². The van der Waals surface area contributed by atoms with Crippen LogP contribution in [0.1, 0.15) is 16.7 Å². The molecule has 0 aliphatic rings. The molecule has 39 heavy (non-hydrogen) atoms. The molecule has 1 N–H and O–H groups in total. The maximum Gasteiger partial charge on any atom is 0.244 e. The van der Waals surface area contributed by atoms with Crippen LogP contribution in [0.2, 0.25) is 0 Å². The lowest BCUT2D eigenvalue weighted by Crippen LogP contribution is -2.52. The number of anilines is 1. The zero-order valence-electron chi connectivity index (χ0n) is 22.9. The number of methoxy groups -OCH3 is 2. The second kappa shape index (κ2) is 13.1. The number of likely N-dealkylation sites (N-methyl/N-ethyl adjacent to an activating group) is 1. The second-order valence-electron chi connectivity index (χ2n) is 9.13. The molecule has 208 valence electrons. The highest BCUT2D eigenvalue weighted by Gasteiger charge is 2.33. The van der Waals surface area contributed by atoms with E-state index in [0.717, 1.165) is 27.3 Å². The summed E-state index contributed by atoms with van der Waals surface area (Å²) in [4.78, 5) is 28.6. The molecule has 2 amide bonds. The quantitative estimate of drug-likeness (QED) is 0.370. The van der Waals surface area contributed by atoms with Crippen molar-refractivity contribution in [1.82, 2.24) is 10.2 Å². The molecular formula is C29H35N3O6S. The summed E-state index contributed by atoms with van der Waals surface area (Å²) in [7, 11) is 0.486. The number of rotatable bonds is 12. The number of carbonyl (C=O) groups excluding carboxylic acids is 2. The van der Waals surface area contributed by atoms with Gasteiger partial charge < -0.3 is 19.7 Å². The largest absolute Gasteiger partial charge is 0.497 e. The Morgan fingerprint density at radius 3 is 2.15 bits per heavy atom. The van der Waals surface area contributed by atoms with Gasteiger partial charge in [0.15, 0.2) is 0 Å². The topological polar surface area (TPSA) is 105 Å². The molecule has 0 saturated heterocycles. The van der Waals surface area contributed by atoms with Gasteiger partial charge in [0, 0.05) is 26.1 Å². The minimum Gasteiger partial charge on any atom is -0.497 e. The van der Waals surface area contributed by atoms with Crippen LogP contribution >= 0.6 is 0 Å². The Labute approximate surface area is 230 Å². The molecular weight excluding hydrogens is 518 g/mol. The predicted octanol–water partition coefficient (Wildman–Crippen LogP) is 3.16. The number of sulfonamides is 1. The fraction of sp³-hybridized carbons (Fsp3) is 0.310. The van der Waals surface area contributed by atoms with Crippen molar-refractivity contribution in [2.24, 2.45) is 0 Å². The lowest BCUT2D eigenvalue weighted by atomic mass is 10.0. The van der Waals surface area contributed by atoms with E-state index < -0.39 is 28.5 Å². The molecule has 0 aliphatic carbocycles. The van der Waals surface area contributed by atoms with Crippen molar-refractivity contribution in [3.05, 3.63) is 89.5 Å². The zero-order chi connectivity index (χ0) is 28.6. The molecule has 0 spiro atoms. The molecule has 1 atom stereocenters. The number of hydrogen-bond acceptors (Lipinski definition) is 6. The van der Waals surface area contributed by atoms with Gasteiger partial charge >= 0.3 is 0 Å². The minimum absolute atomic E-state index is 0.112. The Bertz CT molecular complexity index is 1380. The third kappa shape index (κ3) is 7.73. The van der Waals surface area contributed by atoms with Crippen molar-refractivity contribution in [2.75, 3.05) is 38.4 Å². The third-order valence-corrected chi connectivity index (χ3v) is 7.45. The first-order valence-electron chi connectivity index (χ1n) is 12.4. The number of carbonyl (C=O) groups is 2. The maximum absolute atomic E-state index is 14.0. The summed E-state index contributed by atoms with van der Waals surface area (Å²) in [5.41, 5.74) is 2.91. The number of ether oxygens (including phenoxy) is 2. The van der Waals surface area contributed by atoms with E-state index in [1.165, 1.54) is 32.2 Å².